The van der Waals surface area contributed by atoms with Gasteiger partial charge in [-0.15, -0.1) is 0 Å². The van der Waals surface area contributed by atoms with E-state index in [0.29, 0.717) is 41.4 Å². The molecule has 0 fully saturated rings. The van der Waals surface area contributed by atoms with Gasteiger partial charge in [-0.1, -0.05) is 41.9 Å². The number of imidazole rings is 1. The van der Waals surface area contributed by atoms with E-state index < -0.39 is 0 Å². The predicted molar refractivity (Wildman–Crippen MR) is 111 cm³/mol. The van der Waals surface area contributed by atoms with Crippen LogP contribution in [-0.2, 0) is 13.0 Å². The van der Waals surface area contributed by atoms with Crippen molar-refractivity contribution in [2.24, 2.45) is 0 Å². The fourth-order valence-electron chi connectivity index (χ4n) is 3.74. The summed E-state index contributed by atoms with van der Waals surface area (Å²) in [5, 5.41) is 0.641. The number of H-pyrrole nitrogens is 1. The Balaban J connectivity index is 1.57. The van der Waals surface area contributed by atoms with Gasteiger partial charge in [-0.05, 0) is 24.3 Å². The minimum Gasteiger partial charge on any atom is -0.334 e. The number of hydrogen-bond donors (Lipinski definition) is 1. The van der Waals surface area contributed by atoms with Gasteiger partial charge in [0.1, 0.15) is 5.65 Å². The molecule has 0 saturated carbocycles. The summed E-state index contributed by atoms with van der Waals surface area (Å²) in [6.45, 7) is 0.956. The van der Waals surface area contributed by atoms with E-state index >= 15 is 0 Å². The van der Waals surface area contributed by atoms with E-state index in [1.807, 2.05) is 42.5 Å². The number of halogens is 1. The molecule has 144 valence electrons. The molecule has 0 spiro atoms. The number of rotatable bonds is 2. The first-order valence-electron chi connectivity index (χ1n) is 9.33. The van der Waals surface area contributed by atoms with Gasteiger partial charge in [0, 0.05) is 46.6 Å². The minimum atomic E-state index is -0.228. The monoisotopic (exact) mass is 404 g/mol. The first-order valence-corrected chi connectivity index (χ1v) is 9.71. The number of carbonyl (C=O) groups is 1. The van der Waals surface area contributed by atoms with Gasteiger partial charge in [-0.25, -0.2) is 9.78 Å². The summed E-state index contributed by atoms with van der Waals surface area (Å²) in [7, 11) is 0. The molecule has 0 radical (unpaired) electrons. The topological polar surface area (TPSA) is 70.5 Å². The van der Waals surface area contributed by atoms with Crippen LogP contribution in [0.15, 0.2) is 65.6 Å². The van der Waals surface area contributed by atoms with Crippen molar-refractivity contribution in [3.63, 3.8) is 0 Å². The SMILES string of the molecule is O=C(c1ccccc1)N1CCc2[nH]c(=O)n3cc(-c4ccc(Cl)cc4)nc3c2C1. The summed E-state index contributed by atoms with van der Waals surface area (Å²) < 4.78 is 1.51. The van der Waals surface area contributed by atoms with Gasteiger partial charge in [0.15, 0.2) is 0 Å². The van der Waals surface area contributed by atoms with E-state index in [-0.39, 0.29) is 11.6 Å². The molecular weight excluding hydrogens is 388 g/mol. The second-order valence-electron chi connectivity index (χ2n) is 7.06. The lowest BCUT2D eigenvalue weighted by Gasteiger charge is -2.28. The average Bonchev–Trinajstić information content (AvgIpc) is 3.21. The molecule has 1 N–H and O–H groups in total. The molecule has 3 heterocycles. The number of nitrogens with one attached hydrogen (secondary N) is 1. The van der Waals surface area contributed by atoms with Gasteiger partial charge in [-0.2, -0.15) is 0 Å². The van der Waals surface area contributed by atoms with Crippen LogP contribution in [0.4, 0.5) is 0 Å². The first-order chi connectivity index (χ1) is 14.1. The molecule has 2 aromatic carbocycles. The number of aromatic amines is 1. The van der Waals surface area contributed by atoms with Crippen molar-refractivity contribution in [2.45, 2.75) is 13.0 Å². The molecule has 7 heteroatoms. The lowest BCUT2D eigenvalue weighted by Crippen LogP contribution is -2.38. The van der Waals surface area contributed by atoms with Crippen molar-refractivity contribution in [3.8, 4) is 11.3 Å². The van der Waals surface area contributed by atoms with Crippen LogP contribution >= 0.6 is 11.6 Å². The van der Waals surface area contributed by atoms with Crippen LogP contribution in [0.1, 0.15) is 21.6 Å². The Hall–Kier alpha value is -3.38. The van der Waals surface area contributed by atoms with Gasteiger partial charge in [0.2, 0.25) is 0 Å². The number of nitrogens with zero attached hydrogens (tertiary/aromatic N) is 3. The number of amides is 1. The van der Waals surface area contributed by atoms with Crippen LogP contribution < -0.4 is 5.69 Å². The highest BCUT2D eigenvalue weighted by molar-refractivity contribution is 6.30. The fraction of sp³-hybridized carbons (Fsp3) is 0.136. The van der Waals surface area contributed by atoms with Crippen molar-refractivity contribution < 1.29 is 4.79 Å². The zero-order valence-electron chi connectivity index (χ0n) is 15.4. The maximum absolute atomic E-state index is 12.9. The second-order valence-corrected chi connectivity index (χ2v) is 7.49. The third kappa shape index (κ3) is 3.11. The molecule has 0 saturated heterocycles. The average molecular weight is 405 g/mol. The summed E-state index contributed by atoms with van der Waals surface area (Å²) in [5.41, 5.74) is 4.29. The van der Waals surface area contributed by atoms with Crippen molar-refractivity contribution in [3.05, 3.63) is 93.1 Å². The van der Waals surface area contributed by atoms with E-state index in [0.717, 1.165) is 16.8 Å². The Morgan fingerprint density at radius 1 is 1.07 bits per heavy atom. The molecule has 1 amide bonds. The fourth-order valence-corrected chi connectivity index (χ4v) is 3.87. The van der Waals surface area contributed by atoms with Crippen molar-refractivity contribution in [1.82, 2.24) is 19.3 Å². The van der Waals surface area contributed by atoms with Crippen LogP contribution in [0.3, 0.4) is 0 Å². The highest BCUT2D eigenvalue weighted by atomic mass is 35.5. The third-order valence-corrected chi connectivity index (χ3v) is 5.50. The van der Waals surface area contributed by atoms with E-state index in [9.17, 15) is 9.59 Å². The minimum absolute atomic E-state index is 0.0231. The number of fused-ring (bicyclic) bond motifs is 3. The zero-order valence-corrected chi connectivity index (χ0v) is 16.2. The number of aromatic nitrogens is 3. The van der Waals surface area contributed by atoms with E-state index in [1.54, 1.807) is 23.2 Å². The molecule has 5 rings (SSSR count). The lowest BCUT2D eigenvalue weighted by molar-refractivity contribution is 0.0734. The maximum atomic E-state index is 12.9. The van der Waals surface area contributed by atoms with Gasteiger partial charge >= 0.3 is 5.69 Å². The number of benzene rings is 2. The summed E-state index contributed by atoms with van der Waals surface area (Å²) in [4.78, 5) is 34.9. The second kappa shape index (κ2) is 6.90. The van der Waals surface area contributed by atoms with Crippen molar-refractivity contribution in [2.75, 3.05) is 6.54 Å². The summed E-state index contributed by atoms with van der Waals surface area (Å²) >= 11 is 5.98. The zero-order chi connectivity index (χ0) is 20.0. The molecule has 0 aliphatic carbocycles. The molecular formula is C22H17ClN4O2. The van der Waals surface area contributed by atoms with Crippen LogP contribution in [0.5, 0.6) is 0 Å². The van der Waals surface area contributed by atoms with Gasteiger partial charge < -0.3 is 9.88 Å². The normalized spacial score (nSPS) is 13.5. The molecule has 0 unspecified atom stereocenters. The molecule has 0 bridgehead atoms. The van der Waals surface area contributed by atoms with Crippen LogP contribution in [0, 0.1) is 0 Å². The third-order valence-electron chi connectivity index (χ3n) is 5.25. The highest BCUT2D eigenvalue weighted by Crippen LogP contribution is 2.25. The Bertz CT molecular complexity index is 1280. The molecule has 1 aliphatic heterocycles. The van der Waals surface area contributed by atoms with Crippen molar-refractivity contribution in [1.29, 1.82) is 0 Å². The van der Waals surface area contributed by atoms with Gasteiger partial charge in [0.25, 0.3) is 5.91 Å². The Labute approximate surface area is 171 Å². The Morgan fingerprint density at radius 2 is 1.83 bits per heavy atom. The van der Waals surface area contributed by atoms with Crippen molar-refractivity contribution >= 4 is 23.2 Å². The smallest absolute Gasteiger partial charge is 0.331 e. The Kier molecular flexibility index (Phi) is 4.21. The molecule has 4 aromatic rings. The van der Waals surface area contributed by atoms with E-state index in [4.69, 9.17) is 16.6 Å². The molecule has 29 heavy (non-hydrogen) atoms. The number of hydrogen-bond acceptors (Lipinski definition) is 3. The molecule has 1 aliphatic rings. The van der Waals surface area contributed by atoms with Gasteiger partial charge in [-0.3, -0.25) is 9.20 Å². The summed E-state index contributed by atoms with van der Waals surface area (Å²) in [6.07, 6.45) is 2.30. The highest BCUT2D eigenvalue weighted by Gasteiger charge is 2.26. The molecule has 2 aromatic heterocycles. The molecule has 6 nitrogen and oxygen atoms in total. The number of carbonyl (C=O) groups excluding carboxylic acids is 1. The van der Waals surface area contributed by atoms with E-state index in [2.05, 4.69) is 4.98 Å². The summed E-state index contributed by atoms with van der Waals surface area (Å²) in [5.74, 6) is -0.0231. The quantitative estimate of drug-likeness (QED) is 0.555. The van der Waals surface area contributed by atoms with E-state index in [1.165, 1.54) is 4.40 Å². The van der Waals surface area contributed by atoms with Crippen LogP contribution in [0.2, 0.25) is 5.02 Å². The predicted octanol–water partition coefficient (Wildman–Crippen LogP) is 3.54. The maximum Gasteiger partial charge on any atom is 0.331 e. The van der Waals surface area contributed by atoms with Crippen LogP contribution in [-0.4, -0.2) is 31.7 Å². The molecule has 0 atom stereocenters. The first kappa shape index (κ1) is 17.7. The van der Waals surface area contributed by atoms with Gasteiger partial charge in [0.05, 0.1) is 12.2 Å². The standard InChI is InChI=1S/C22H17ClN4O2/c23-16-8-6-14(7-9-16)19-13-27-20(24-19)17-12-26(11-10-18(17)25-22(27)29)21(28)15-4-2-1-3-5-15/h1-9,13H,10-12H2,(H,25,29). The Morgan fingerprint density at radius 3 is 2.59 bits per heavy atom. The summed E-state index contributed by atoms with van der Waals surface area (Å²) in [6, 6.07) is 16.6. The lowest BCUT2D eigenvalue weighted by atomic mass is 10.1. The van der Waals surface area contributed by atoms with Crippen LogP contribution in [0.25, 0.3) is 16.9 Å². The largest absolute Gasteiger partial charge is 0.334 e.